The van der Waals surface area contributed by atoms with Crippen molar-refractivity contribution < 1.29 is 19.2 Å². The van der Waals surface area contributed by atoms with Crippen molar-refractivity contribution in [3.63, 3.8) is 0 Å². The SMILES string of the molecule is CCC(=O)NCC(=O)NOCC(N)=O. The van der Waals surface area contributed by atoms with Crippen LogP contribution >= 0.6 is 0 Å². The van der Waals surface area contributed by atoms with Crippen molar-refractivity contribution in [1.29, 1.82) is 0 Å². The van der Waals surface area contributed by atoms with E-state index in [2.05, 4.69) is 10.2 Å². The second-order valence-corrected chi connectivity index (χ2v) is 2.41. The Hall–Kier alpha value is -1.63. The Morgan fingerprint density at radius 2 is 1.93 bits per heavy atom. The lowest BCUT2D eigenvalue weighted by molar-refractivity contribution is -0.138. The van der Waals surface area contributed by atoms with Crippen molar-refractivity contribution in [3.05, 3.63) is 0 Å². The number of carbonyl (C=O) groups excluding carboxylic acids is 3. The third-order valence-electron chi connectivity index (χ3n) is 1.17. The summed E-state index contributed by atoms with van der Waals surface area (Å²) in [4.78, 5) is 36.1. The first-order valence-electron chi connectivity index (χ1n) is 4.02. The molecule has 0 aliphatic carbocycles. The minimum absolute atomic E-state index is 0.189. The molecule has 0 aromatic heterocycles. The zero-order valence-electron chi connectivity index (χ0n) is 7.83. The molecule has 0 saturated heterocycles. The van der Waals surface area contributed by atoms with Crippen molar-refractivity contribution in [3.8, 4) is 0 Å². The van der Waals surface area contributed by atoms with Gasteiger partial charge in [-0.15, -0.1) is 0 Å². The Labute approximate surface area is 80.9 Å². The number of hydrogen-bond acceptors (Lipinski definition) is 4. The van der Waals surface area contributed by atoms with Gasteiger partial charge in [0.1, 0.15) is 0 Å². The summed E-state index contributed by atoms with van der Waals surface area (Å²) in [5, 5.41) is 2.32. The van der Waals surface area contributed by atoms with E-state index in [0.29, 0.717) is 6.42 Å². The van der Waals surface area contributed by atoms with Gasteiger partial charge in [0.15, 0.2) is 6.61 Å². The van der Waals surface area contributed by atoms with Crippen LogP contribution < -0.4 is 16.5 Å². The average Bonchev–Trinajstić information content (AvgIpc) is 2.13. The minimum Gasteiger partial charge on any atom is -0.368 e. The molecule has 0 radical (unpaired) electrons. The molecule has 0 fully saturated rings. The fourth-order valence-electron chi connectivity index (χ4n) is 0.528. The van der Waals surface area contributed by atoms with Crippen LogP contribution in [0, 0.1) is 0 Å². The van der Waals surface area contributed by atoms with Gasteiger partial charge in [0.2, 0.25) is 11.8 Å². The van der Waals surface area contributed by atoms with Crippen LogP contribution in [0.25, 0.3) is 0 Å². The number of amides is 3. The zero-order chi connectivity index (χ0) is 11.0. The van der Waals surface area contributed by atoms with Gasteiger partial charge in [0, 0.05) is 6.42 Å². The predicted octanol–water partition coefficient (Wildman–Crippen LogP) is -1.95. The summed E-state index contributed by atoms with van der Waals surface area (Å²) in [5.41, 5.74) is 6.68. The van der Waals surface area contributed by atoms with E-state index in [0.717, 1.165) is 0 Å². The average molecular weight is 203 g/mol. The van der Waals surface area contributed by atoms with E-state index in [1.54, 1.807) is 6.92 Å². The number of hydrogen-bond donors (Lipinski definition) is 3. The van der Waals surface area contributed by atoms with Crippen LogP contribution in [0.15, 0.2) is 0 Å². The fraction of sp³-hybridized carbons (Fsp3) is 0.571. The first-order chi connectivity index (χ1) is 6.56. The molecule has 0 unspecified atom stereocenters. The Bertz CT molecular complexity index is 229. The van der Waals surface area contributed by atoms with E-state index in [-0.39, 0.29) is 12.5 Å². The number of nitrogens with two attached hydrogens (primary N) is 1. The lowest BCUT2D eigenvalue weighted by Crippen LogP contribution is -2.38. The first kappa shape index (κ1) is 12.4. The lowest BCUT2D eigenvalue weighted by atomic mass is 10.4. The van der Waals surface area contributed by atoms with Gasteiger partial charge in [-0.1, -0.05) is 6.92 Å². The second kappa shape index (κ2) is 6.84. The predicted molar refractivity (Wildman–Crippen MR) is 46.6 cm³/mol. The fourth-order valence-corrected chi connectivity index (χ4v) is 0.528. The van der Waals surface area contributed by atoms with Crippen LogP contribution in [-0.2, 0) is 19.2 Å². The van der Waals surface area contributed by atoms with E-state index in [9.17, 15) is 14.4 Å². The third-order valence-corrected chi connectivity index (χ3v) is 1.17. The molecule has 80 valence electrons. The van der Waals surface area contributed by atoms with Crippen molar-refractivity contribution in [2.24, 2.45) is 5.73 Å². The van der Waals surface area contributed by atoms with Crippen LogP contribution in [0.1, 0.15) is 13.3 Å². The summed E-state index contributed by atoms with van der Waals surface area (Å²) in [6, 6.07) is 0. The number of nitrogens with one attached hydrogen (secondary N) is 2. The molecule has 0 aliphatic rings. The molecular formula is C7H13N3O4. The molecule has 3 amide bonds. The molecule has 4 N–H and O–H groups in total. The van der Waals surface area contributed by atoms with Crippen LogP contribution in [-0.4, -0.2) is 30.9 Å². The van der Waals surface area contributed by atoms with Crippen molar-refractivity contribution in [1.82, 2.24) is 10.8 Å². The summed E-state index contributed by atoms with van der Waals surface area (Å²) in [6.07, 6.45) is 0.301. The van der Waals surface area contributed by atoms with Crippen molar-refractivity contribution in [2.75, 3.05) is 13.2 Å². The zero-order valence-corrected chi connectivity index (χ0v) is 7.83. The quantitative estimate of drug-likeness (QED) is 0.435. The molecule has 0 aromatic rings. The van der Waals surface area contributed by atoms with E-state index < -0.39 is 18.4 Å². The molecule has 7 heteroatoms. The Morgan fingerprint density at radius 1 is 1.29 bits per heavy atom. The molecule has 0 aliphatic heterocycles. The van der Waals surface area contributed by atoms with E-state index in [1.165, 1.54) is 0 Å². The molecular weight excluding hydrogens is 190 g/mol. The van der Waals surface area contributed by atoms with Gasteiger partial charge in [-0.25, -0.2) is 5.48 Å². The summed E-state index contributed by atoms with van der Waals surface area (Å²) < 4.78 is 0. The molecule has 0 aromatic carbocycles. The maximum Gasteiger partial charge on any atom is 0.262 e. The van der Waals surface area contributed by atoms with Crippen molar-refractivity contribution >= 4 is 17.7 Å². The van der Waals surface area contributed by atoms with Gasteiger partial charge >= 0.3 is 0 Å². The van der Waals surface area contributed by atoms with Gasteiger partial charge in [0.25, 0.3) is 5.91 Å². The molecule has 0 heterocycles. The topological polar surface area (TPSA) is 111 Å². The van der Waals surface area contributed by atoms with Crippen molar-refractivity contribution in [2.45, 2.75) is 13.3 Å². The van der Waals surface area contributed by atoms with Gasteiger partial charge < -0.3 is 11.1 Å². The number of rotatable bonds is 6. The van der Waals surface area contributed by atoms with E-state index in [1.807, 2.05) is 5.48 Å². The van der Waals surface area contributed by atoms with Crippen LogP contribution in [0.3, 0.4) is 0 Å². The molecule has 14 heavy (non-hydrogen) atoms. The molecule has 7 nitrogen and oxygen atoms in total. The Balaban J connectivity index is 3.46. The van der Waals surface area contributed by atoms with E-state index >= 15 is 0 Å². The monoisotopic (exact) mass is 203 g/mol. The summed E-state index contributed by atoms with van der Waals surface area (Å²) in [7, 11) is 0. The summed E-state index contributed by atoms with van der Waals surface area (Å²) in [6.45, 7) is 1.08. The van der Waals surface area contributed by atoms with Crippen LogP contribution in [0.2, 0.25) is 0 Å². The van der Waals surface area contributed by atoms with Crippen LogP contribution in [0.4, 0.5) is 0 Å². The number of carbonyl (C=O) groups is 3. The second-order valence-electron chi connectivity index (χ2n) is 2.41. The Morgan fingerprint density at radius 3 is 2.43 bits per heavy atom. The van der Waals surface area contributed by atoms with Gasteiger partial charge in [0.05, 0.1) is 6.54 Å². The molecule has 0 rings (SSSR count). The Kier molecular flexibility index (Phi) is 6.04. The molecule has 0 bridgehead atoms. The smallest absolute Gasteiger partial charge is 0.262 e. The van der Waals surface area contributed by atoms with E-state index in [4.69, 9.17) is 5.73 Å². The molecule has 0 atom stereocenters. The minimum atomic E-state index is -0.692. The maximum atomic E-state index is 10.8. The molecule has 0 spiro atoms. The third kappa shape index (κ3) is 7.04. The van der Waals surface area contributed by atoms with Crippen LogP contribution in [0.5, 0.6) is 0 Å². The number of hydroxylamine groups is 1. The highest BCUT2D eigenvalue weighted by molar-refractivity contribution is 5.84. The normalized spacial score (nSPS) is 9.21. The standard InChI is InChI=1S/C7H13N3O4/c1-2-6(12)9-3-7(13)10-14-4-5(8)11/h2-4H2,1H3,(H2,8,11)(H,9,12)(H,10,13). The lowest BCUT2D eigenvalue weighted by Gasteiger charge is -2.04. The number of primary amides is 1. The summed E-state index contributed by atoms with van der Waals surface area (Å²) in [5.74, 6) is -1.48. The molecule has 0 saturated carbocycles. The van der Waals surface area contributed by atoms with Gasteiger partial charge in [-0.2, -0.15) is 0 Å². The largest absolute Gasteiger partial charge is 0.368 e. The highest BCUT2D eigenvalue weighted by Crippen LogP contribution is 1.74. The van der Waals surface area contributed by atoms with Gasteiger partial charge in [-0.05, 0) is 0 Å². The van der Waals surface area contributed by atoms with Gasteiger partial charge in [-0.3, -0.25) is 19.2 Å². The summed E-state index contributed by atoms with van der Waals surface area (Å²) >= 11 is 0. The highest BCUT2D eigenvalue weighted by atomic mass is 16.7. The highest BCUT2D eigenvalue weighted by Gasteiger charge is 2.03. The maximum absolute atomic E-state index is 10.8. The first-order valence-corrected chi connectivity index (χ1v) is 4.02.